The van der Waals surface area contributed by atoms with E-state index >= 15 is 0 Å². The summed E-state index contributed by atoms with van der Waals surface area (Å²) in [7, 11) is 0. The summed E-state index contributed by atoms with van der Waals surface area (Å²) in [6.45, 7) is 4.08. The van der Waals surface area contributed by atoms with Crippen molar-refractivity contribution in [3.63, 3.8) is 0 Å². The SMILES string of the molecule is Cc1ccc(-c2nc3cc(NC(=S)NC(=O)c4ccccc4Cl)ccc3o2)c(C)c1. The van der Waals surface area contributed by atoms with Crippen molar-refractivity contribution in [2.45, 2.75) is 13.8 Å². The molecular formula is C23H18ClN3O2S. The average molecular weight is 436 g/mol. The lowest BCUT2D eigenvalue weighted by atomic mass is 10.1. The van der Waals surface area contributed by atoms with E-state index in [2.05, 4.69) is 21.7 Å². The number of aryl methyl sites for hydroxylation is 2. The summed E-state index contributed by atoms with van der Waals surface area (Å²) in [4.78, 5) is 17.0. The molecule has 2 N–H and O–H groups in total. The van der Waals surface area contributed by atoms with Crippen molar-refractivity contribution in [1.29, 1.82) is 0 Å². The predicted molar refractivity (Wildman–Crippen MR) is 124 cm³/mol. The number of benzene rings is 3. The molecule has 1 aromatic heterocycles. The molecule has 7 heteroatoms. The van der Waals surface area contributed by atoms with Crippen molar-refractivity contribution in [2.24, 2.45) is 0 Å². The van der Waals surface area contributed by atoms with Gasteiger partial charge in [0.15, 0.2) is 10.7 Å². The maximum atomic E-state index is 12.3. The molecule has 0 spiro atoms. The third kappa shape index (κ3) is 4.20. The van der Waals surface area contributed by atoms with Gasteiger partial charge in [0.2, 0.25) is 5.89 Å². The van der Waals surface area contributed by atoms with E-state index in [-0.39, 0.29) is 11.0 Å². The number of carbonyl (C=O) groups excluding carboxylic acids is 1. The second-order valence-electron chi connectivity index (χ2n) is 6.91. The number of nitrogens with zero attached hydrogens (tertiary/aromatic N) is 1. The van der Waals surface area contributed by atoms with Gasteiger partial charge in [0.25, 0.3) is 5.91 Å². The number of hydrogen-bond acceptors (Lipinski definition) is 4. The number of carbonyl (C=O) groups is 1. The smallest absolute Gasteiger partial charge is 0.258 e. The minimum Gasteiger partial charge on any atom is -0.436 e. The lowest BCUT2D eigenvalue weighted by molar-refractivity contribution is 0.0978. The van der Waals surface area contributed by atoms with Crippen molar-refractivity contribution in [1.82, 2.24) is 10.3 Å². The first-order valence-electron chi connectivity index (χ1n) is 9.26. The van der Waals surface area contributed by atoms with Gasteiger partial charge >= 0.3 is 0 Å². The Morgan fingerprint density at radius 3 is 2.63 bits per heavy atom. The van der Waals surface area contributed by atoms with Crippen LogP contribution in [0.4, 0.5) is 5.69 Å². The molecule has 1 heterocycles. The van der Waals surface area contributed by atoms with Crippen LogP contribution in [0, 0.1) is 13.8 Å². The standard InChI is InChI=1S/C23H18ClN3O2S/c1-13-7-9-16(14(2)11-13)22-26-19-12-15(8-10-20(19)29-22)25-23(30)27-21(28)17-5-3-4-6-18(17)24/h3-12H,1-2H3,(H2,25,27,28,30). The van der Waals surface area contributed by atoms with Crippen LogP contribution in [0.15, 0.2) is 65.1 Å². The molecular weight excluding hydrogens is 418 g/mol. The third-order valence-corrected chi connectivity index (χ3v) is 5.14. The first-order valence-corrected chi connectivity index (χ1v) is 10.0. The number of hydrogen-bond donors (Lipinski definition) is 2. The lowest BCUT2D eigenvalue weighted by Crippen LogP contribution is -2.34. The van der Waals surface area contributed by atoms with Gasteiger partial charge in [-0.15, -0.1) is 0 Å². The van der Waals surface area contributed by atoms with E-state index in [1.54, 1.807) is 24.3 Å². The zero-order chi connectivity index (χ0) is 21.3. The van der Waals surface area contributed by atoms with E-state index in [4.69, 9.17) is 28.2 Å². The number of anilines is 1. The van der Waals surface area contributed by atoms with Crippen molar-refractivity contribution in [3.05, 3.63) is 82.4 Å². The first kappa shape index (κ1) is 20.1. The molecule has 0 aliphatic rings. The molecule has 4 aromatic rings. The summed E-state index contributed by atoms with van der Waals surface area (Å²) in [6.07, 6.45) is 0. The van der Waals surface area contributed by atoms with E-state index in [0.717, 1.165) is 11.1 Å². The van der Waals surface area contributed by atoms with Crippen LogP contribution < -0.4 is 10.6 Å². The summed E-state index contributed by atoms with van der Waals surface area (Å²) in [5.74, 6) is 0.187. The van der Waals surface area contributed by atoms with Crippen LogP contribution in [0.1, 0.15) is 21.5 Å². The van der Waals surface area contributed by atoms with E-state index in [0.29, 0.717) is 33.3 Å². The molecule has 30 heavy (non-hydrogen) atoms. The van der Waals surface area contributed by atoms with Crippen molar-refractivity contribution >= 4 is 51.6 Å². The van der Waals surface area contributed by atoms with Gasteiger partial charge in [0.05, 0.1) is 10.6 Å². The highest BCUT2D eigenvalue weighted by Gasteiger charge is 2.13. The molecule has 3 aromatic carbocycles. The fraction of sp³-hybridized carbons (Fsp3) is 0.0870. The third-order valence-electron chi connectivity index (χ3n) is 4.60. The zero-order valence-electron chi connectivity index (χ0n) is 16.3. The van der Waals surface area contributed by atoms with Gasteiger partial charge in [-0.2, -0.15) is 0 Å². The van der Waals surface area contributed by atoms with Crippen LogP contribution in [0.3, 0.4) is 0 Å². The number of oxazole rings is 1. The van der Waals surface area contributed by atoms with Crippen molar-refractivity contribution < 1.29 is 9.21 Å². The quantitative estimate of drug-likeness (QED) is 0.392. The second-order valence-corrected chi connectivity index (χ2v) is 7.72. The topological polar surface area (TPSA) is 67.2 Å². The largest absolute Gasteiger partial charge is 0.436 e. The molecule has 4 rings (SSSR count). The van der Waals surface area contributed by atoms with Gasteiger partial charge in [-0.05, 0) is 68.0 Å². The van der Waals surface area contributed by atoms with E-state index in [9.17, 15) is 4.79 Å². The van der Waals surface area contributed by atoms with E-state index in [1.165, 1.54) is 5.56 Å². The zero-order valence-corrected chi connectivity index (χ0v) is 17.9. The highest BCUT2D eigenvalue weighted by molar-refractivity contribution is 7.80. The highest BCUT2D eigenvalue weighted by Crippen LogP contribution is 2.28. The van der Waals surface area contributed by atoms with E-state index in [1.807, 2.05) is 44.2 Å². The Morgan fingerprint density at radius 2 is 1.87 bits per heavy atom. The molecule has 1 amide bonds. The van der Waals surface area contributed by atoms with Gasteiger partial charge in [-0.25, -0.2) is 4.98 Å². The summed E-state index contributed by atoms with van der Waals surface area (Å²) in [5.41, 5.74) is 5.64. The summed E-state index contributed by atoms with van der Waals surface area (Å²) in [6, 6.07) is 18.4. The summed E-state index contributed by atoms with van der Waals surface area (Å²) < 4.78 is 5.91. The monoisotopic (exact) mass is 435 g/mol. The molecule has 150 valence electrons. The number of thiocarbonyl (C=S) groups is 1. The van der Waals surface area contributed by atoms with Crippen LogP contribution in [0.2, 0.25) is 5.02 Å². The van der Waals surface area contributed by atoms with Crippen molar-refractivity contribution in [3.8, 4) is 11.5 Å². The number of amides is 1. The fourth-order valence-electron chi connectivity index (χ4n) is 3.15. The molecule has 0 unspecified atom stereocenters. The highest BCUT2D eigenvalue weighted by atomic mass is 35.5. The van der Waals surface area contributed by atoms with Gasteiger partial charge < -0.3 is 9.73 Å². The normalized spacial score (nSPS) is 10.8. The molecule has 0 atom stereocenters. The second kappa shape index (κ2) is 8.26. The first-order chi connectivity index (χ1) is 14.4. The van der Waals surface area contributed by atoms with Gasteiger partial charge in [-0.1, -0.05) is 41.4 Å². The Bertz CT molecular complexity index is 1280. The maximum Gasteiger partial charge on any atom is 0.258 e. The molecule has 0 fully saturated rings. The molecule has 0 radical (unpaired) electrons. The van der Waals surface area contributed by atoms with Crippen LogP contribution in [-0.2, 0) is 0 Å². The fourth-order valence-corrected chi connectivity index (χ4v) is 3.58. The summed E-state index contributed by atoms with van der Waals surface area (Å²) in [5, 5.41) is 6.15. The van der Waals surface area contributed by atoms with Crippen LogP contribution in [-0.4, -0.2) is 16.0 Å². The molecule has 0 saturated heterocycles. The summed E-state index contributed by atoms with van der Waals surface area (Å²) >= 11 is 11.3. The van der Waals surface area contributed by atoms with Crippen LogP contribution >= 0.6 is 23.8 Å². The Labute approximate surface area is 184 Å². The number of rotatable bonds is 3. The number of fused-ring (bicyclic) bond motifs is 1. The Hall–Kier alpha value is -3.22. The average Bonchev–Trinajstić information content (AvgIpc) is 3.11. The number of nitrogens with one attached hydrogen (secondary N) is 2. The Balaban J connectivity index is 1.52. The molecule has 0 aliphatic carbocycles. The molecule has 0 aliphatic heterocycles. The van der Waals surface area contributed by atoms with Gasteiger partial charge in [0.1, 0.15) is 5.52 Å². The van der Waals surface area contributed by atoms with Gasteiger partial charge in [-0.3, -0.25) is 10.1 Å². The molecule has 0 bridgehead atoms. The van der Waals surface area contributed by atoms with E-state index < -0.39 is 0 Å². The molecule has 5 nitrogen and oxygen atoms in total. The van der Waals surface area contributed by atoms with Crippen molar-refractivity contribution in [2.75, 3.05) is 5.32 Å². The Morgan fingerprint density at radius 1 is 1.07 bits per heavy atom. The minimum absolute atomic E-state index is 0.164. The Kier molecular flexibility index (Phi) is 5.53. The molecule has 0 saturated carbocycles. The minimum atomic E-state index is -0.377. The number of halogens is 1. The van der Waals surface area contributed by atoms with Crippen LogP contribution in [0.5, 0.6) is 0 Å². The predicted octanol–water partition coefficient (Wildman–Crippen LogP) is 5.89. The lowest BCUT2D eigenvalue weighted by Gasteiger charge is -2.10. The van der Waals surface area contributed by atoms with Gasteiger partial charge in [0, 0.05) is 11.3 Å². The number of aromatic nitrogens is 1. The van der Waals surface area contributed by atoms with Crippen LogP contribution in [0.25, 0.3) is 22.6 Å². The maximum absolute atomic E-state index is 12.3.